The Bertz CT molecular complexity index is 559. The van der Waals surface area contributed by atoms with Crippen LogP contribution in [-0.4, -0.2) is 9.97 Å². The first-order valence-electron chi connectivity index (χ1n) is 6.68. The molecule has 2 nitrogen and oxygen atoms in total. The van der Waals surface area contributed by atoms with Gasteiger partial charge in [-0.2, -0.15) is 0 Å². The Balaban J connectivity index is 2.21. The van der Waals surface area contributed by atoms with Crippen molar-refractivity contribution in [3.05, 3.63) is 47.4 Å². The van der Waals surface area contributed by atoms with Gasteiger partial charge in [-0.05, 0) is 47.9 Å². The van der Waals surface area contributed by atoms with E-state index in [2.05, 4.69) is 35.9 Å². The molecule has 1 aliphatic rings. The molecule has 0 fully saturated rings. The van der Waals surface area contributed by atoms with Gasteiger partial charge in [-0.1, -0.05) is 26.0 Å². The molecule has 1 aromatic carbocycles. The number of hydrogen-bond acceptors (Lipinski definition) is 2. The van der Waals surface area contributed by atoms with Crippen LogP contribution in [0.4, 0.5) is 0 Å². The SMILES string of the molecule is CC(C)c1c(-c2ccncn2)ccc2c1CCC2. The number of nitrogens with zero attached hydrogens (tertiary/aromatic N) is 2. The molecule has 3 rings (SSSR count). The van der Waals surface area contributed by atoms with Crippen LogP contribution in [0, 0.1) is 0 Å². The van der Waals surface area contributed by atoms with E-state index in [1.165, 1.54) is 36.0 Å². The van der Waals surface area contributed by atoms with Crippen LogP contribution in [0.15, 0.2) is 30.7 Å². The maximum absolute atomic E-state index is 4.41. The molecular weight excluding hydrogens is 220 g/mol. The molecule has 0 radical (unpaired) electrons. The van der Waals surface area contributed by atoms with Crippen LogP contribution in [0.3, 0.4) is 0 Å². The lowest BCUT2D eigenvalue weighted by atomic mass is 9.88. The first-order valence-corrected chi connectivity index (χ1v) is 6.68. The van der Waals surface area contributed by atoms with Crippen LogP contribution in [0.1, 0.15) is 42.9 Å². The van der Waals surface area contributed by atoms with Crippen molar-refractivity contribution in [3.63, 3.8) is 0 Å². The quantitative estimate of drug-likeness (QED) is 0.796. The fraction of sp³-hybridized carbons (Fsp3) is 0.375. The Hall–Kier alpha value is -1.70. The molecule has 0 atom stereocenters. The molecule has 0 unspecified atom stereocenters. The van der Waals surface area contributed by atoms with Gasteiger partial charge in [0, 0.05) is 11.8 Å². The summed E-state index contributed by atoms with van der Waals surface area (Å²) in [6, 6.07) is 6.52. The Kier molecular flexibility index (Phi) is 2.86. The van der Waals surface area contributed by atoms with E-state index in [1.807, 2.05) is 12.3 Å². The fourth-order valence-electron chi connectivity index (χ4n) is 3.03. The average Bonchev–Trinajstić information content (AvgIpc) is 2.86. The third kappa shape index (κ3) is 1.82. The minimum Gasteiger partial charge on any atom is -0.245 e. The van der Waals surface area contributed by atoms with Crippen molar-refractivity contribution in [3.8, 4) is 11.3 Å². The van der Waals surface area contributed by atoms with Crippen molar-refractivity contribution in [1.82, 2.24) is 9.97 Å². The molecule has 1 heterocycles. The van der Waals surface area contributed by atoms with Crippen molar-refractivity contribution < 1.29 is 0 Å². The molecule has 0 bridgehead atoms. The topological polar surface area (TPSA) is 25.8 Å². The molecule has 92 valence electrons. The van der Waals surface area contributed by atoms with Gasteiger partial charge in [-0.15, -0.1) is 0 Å². The van der Waals surface area contributed by atoms with Gasteiger partial charge >= 0.3 is 0 Å². The number of benzene rings is 1. The number of aromatic nitrogens is 2. The molecular formula is C16H18N2. The highest BCUT2D eigenvalue weighted by molar-refractivity contribution is 5.67. The molecule has 0 saturated carbocycles. The average molecular weight is 238 g/mol. The van der Waals surface area contributed by atoms with Crippen molar-refractivity contribution >= 4 is 0 Å². The van der Waals surface area contributed by atoms with Gasteiger partial charge in [0.15, 0.2) is 0 Å². The highest BCUT2D eigenvalue weighted by Gasteiger charge is 2.20. The van der Waals surface area contributed by atoms with Crippen LogP contribution in [-0.2, 0) is 12.8 Å². The number of hydrogen-bond donors (Lipinski definition) is 0. The summed E-state index contributed by atoms with van der Waals surface area (Å²) >= 11 is 0. The van der Waals surface area contributed by atoms with Crippen LogP contribution in [0.2, 0.25) is 0 Å². The molecule has 0 N–H and O–H groups in total. The zero-order valence-electron chi connectivity index (χ0n) is 11.0. The van der Waals surface area contributed by atoms with E-state index in [9.17, 15) is 0 Å². The van der Waals surface area contributed by atoms with E-state index in [1.54, 1.807) is 11.9 Å². The number of fused-ring (bicyclic) bond motifs is 1. The van der Waals surface area contributed by atoms with E-state index in [0.29, 0.717) is 5.92 Å². The van der Waals surface area contributed by atoms with Gasteiger partial charge in [0.05, 0.1) is 5.69 Å². The van der Waals surface area contributed by atoms with E-state index >= 15 is 0 Å². The summed E-state index contributed by atoms with van der Waals surface area (Å²) in [5, 5.41) is 0. The number of aryl methyl sites for hydroxylation is 1. The second-order valence-electron chi connectivity index (χ2n) is 5.27. The van der Waals surface area contributed by atoms with E-state index in [0.717, 1.165) is 5.69 Å². The molecule has 2 aromatic rings. The maximum atomic E-state index is 4.41. The predicted molar refractivity (Wildman–Crippen MR) is 73.6 cm³/mol. The summed E-state index contributed by atoms with van der Waals surface area (Å²) in [5.41, 5.74) is 6.93. The van der Waals surface area contributed by atoms with Crippen molar-refractivity contribution in [2.24, 2.45) is 0 Å². The van der Waals surface area contributed by atoms with Crippen LogP contribution >= 0.6 is 0 Å². The first-order chi connectivity index (χ1) is 8.77. The predicted octanol–water partition coefficient (Wildman–Crippen LogP) is 3.76. The maximum Gasteiger partial charge on any atom is 0.116 e. The van der Waals surface area contributed by atoms with Gasteiger partial charge in [0.25, 0.3) is 0 Å². The minimum atomic E-state index is 0.544. The molecule has 1 aromatic heterocycles. The van der Waals surface area contributed by atoms with E-state index in [4.69, 9.17) is 0 Å². The summed E-state index contributed by atoms with van der Waals surface area (Å²) in [4.78, 5) is 8.41. The molecule has 0 amide bonds. The molecule has 18 heavy (non-hydrogen) atoms. The minimum absolute atomic E-state index is 0.544. The van der Waals surface area contributed by atoms with Gasteiger partial charge in [0.2, 0.25) is 0 Å². The van der Waals surface area contributed by atoms with Crippen LogP contribution in [0.25, 0.3) is 11.3 Å². The monoisotopic (exact) mass is 238 g/mol. The summed E-state index contributed by atoms with van der Waals surface area (Å²) in [6.07, 6.45) is 7.20. The largest absolute Gasteiger partial charge is 0.245 e. The standard InChI is InChI=1S/C16H18N2/c1-11(2)16-13-5-3-4-12(13)6-7-14(16)15-8-9-17-10-18-15/h6-11H,3-5H2,1-2H3. The van der Waals surface area contributed by atoms with E-state index in [-0.39, 0.29) is 0 Å². The Morgan fingerprint density at radius 3 is 2.72 bits per heavy atom. The lowest BCUT2D eigenvalue weighted by molar-refractivity contribution is 0.839. The number of rotatable bonds is 2. The summed E-state index contributed by atoms with van der Waals surface area (Å²) < 4.78 is 0. The van der Waals surface area contributed by atoms with Gasteiger partial charge in [-0.3, -0.25) is 0 Å². The lowest BCUT2D eigenvalue weighted by Crippen LogP contribution is -2.00. The molecule has 0 spiro atoms. The molecule has 1 aliphatic carbocycles. The molecule has 2 heteroatoms. The summed E-state index contributed by atoms with van der Waals surface area (Å²) in [5.74, 6) is 0.544. The zero-order chi connectivity index (χ0) is 12.5. The van der Waals surface area contributed by atoms with Crippen LogP contribution < -0.4 is 0 Å². The highest BCUT2D eigenvalue weighted by Crippen LogP contribution is 2.36. The molecule has 0 aliphatic heterocycles. The summed E-state index contributed by atoms with van der Waals surface area (Å²) in [7, 11) is 0. The van der Waals surface area contributed by atoms with Crippen LogP contribution in [0.5, 0.6) is 0 Å². The third-order valence-corrected chi connectivity index (χ3v) is 3.76. The van der Waals surface area contributed by atoms with Crippen molar-refractivity contribution in [1.29, 1.82) is 0 Å². The molecule has 0 saturated heterocycles. The Morgan fingerprint density at radius 1 is 1.11 bits per heavy atom. The zero-order valence-corrected chi connectivity index (χ0v) is 11.0. The van der Waals surface area contributed by atoms with Crippen molar-refractivity contribution in [2.75, 3.05) is 0 Å². The Morgan fingerprint density at radius 2 is 2.00 bits per heavy atom. The smallest absolute Gasteiger partial charge is 0.116 e. The first kappa shape index (κ1) is 11.4. The van der Waals surface area contributed by atoms with Gasteiger partial charge in [0.1, 0.15) is 6.33 Å². The highest BCUT2D eigenvalue weighted by atomic mass is 14.8. The Labute approximate surface area is 108 Å². The van der Waals surface area contributed by atoms with Crippen molar-refractivity contribution in [2.45, 2.75) is 39.0 Å². The van der Waals surface area contributed by atoms with Gasteiger partial charge in [-0.25, -0.2) is 9.97 Å². The fourth-order valence-corrected chi connectivity index (χ4v) is 3.03. The second-order valence-corrected chi connectivity index (χ2v) is 5.27. The van der Waals surface area contributed by atoms with E-state index < -0.39 is 0 Å². The van der Waals surface area contributed by atoms with Gasteiger partial charge < -0.3 is 0 Å². The second kappa shape index (κ2) is 4.52. The lowest BCUT2D eigenvalue weighted by Gasteiger charge is -2.17. The summed E-state index contributed by atoms with van der Waals surface area (Å²) in [6.45, 7) is 4.55. The normalized spacial score (nSPS) is 13.9. The third-order valence-electron chi connectivity index (χ3n) is 3.76.